The molecule has 3 atom stereocenters. The number of amides is 2. The fourth-order valence-electron chi connectivity index (χ4n) is 3.86. The third kappa shape index (κ3) is 5.00. The number of thioether (sulfide) groups is 1. The third-order valence-electron chi connectivity index (χ3n) is 5.29. The second-order valence-corrected chi connectivity index (χ2v) is 10.1. The molecule has 2 fully saturated rings. The average molecular weight is 475 g/mol. The van der Waals surface area contributed by atoms with Crippen molar-refractivity contribution in [1.82, 2.24) is 10.2 Å². The van der Waals surface area contributed by atoms with Crippen LogP contribution in [0.1, 0.15) is 33.6 Å². The molecular formula is C23H26N2O7S. The van der Waals surface area contributed by atoms with Gasteiger partial charge in [-0.3, -0.25) is 19.3 Å². The minimum Gasteiger partial charge on any atom is -0.484 e. The summed E-state index contributed by atoms with van der Waals surface area (Å²) in [6.07, 6.45) is 0.150. The standard InChI is InChI=1S/C23H26N2O7S/c1-23(2,3)32-22(29)19-14(15-9-10-17(27)31-15)12-33-21-18(20(28)25(19)21)24-16(26)11-30-13-7-5-4-6-8-13/h4-8,15,18,21H,9-12H2,1-3H3,(H,24,26)/t15-,18+,21+/m0/s1. The number of carbonyl (C=O) groups is 4. The molecule has 0 unspecified atom stereocenters. The summed E-state index contributed by atoms with van der Waals surface area (Å²) in [6.45, 7) is 4.99. The van der Waals surface area contributed by atoms with Crippen LogP contribution in [-0.2, 0) is 28.7 Å². The molecule has 1 aromatic carbocycles. The fourth-order valence-corrected chi connectivity index (χ4v) is 5.26. The maximum atomic E-state index is 13.1. The molecule has 0 spiro atoms. The lowest BCUT2D eigenvalue weighted by Gasteiger charge is -2.50. The van der Waals surface area contributed by atoms with Gasteiger partial charge in [0, 0.05) is 17.7 Å². The van der Waals surface area contributed by atoms with Crippen molar-refractivity contribution in [2.45, 2.75) is 56.7 Å². The normalized spacial score (nSPS) is 24.6. The zero-order valence-electron chi connectivity index (χ0n) is 18.7. The van der Waals surface area contributed by atoms with Gasteiger partial charge < -0.3 is 19.5 Å². The van der Waals surface area contributed by atoms with Crippen LogP contribution in [-0.4, -0.2) is 64.1 Å². The van der Waals surface area contributed by atoms with E-state index < -0.39 is 40.9 Å². The number of cyclic esters (lactones) is 1. The number of ether oxygens (including phenoxy) is 3. The summed E-state index contributed by atoms with van der Waals surface area (Å²) >= 11 is 1.41. The Morgan fingerprint density at radius 3 is 2.58 bits per heavy atom. The van der Waals surface area contributed by atoms with Crippen LogP contribution in [0.15, 0.2) is 41.6 Å². The van der Waals surface area contributed by atoms with Gasteiger partial charge in [-0.25, -0.2) is 4.79 Å². The van der Waals surface area contributed by atoms with E-state index in [0.717, 1.165) is 0 Å². The Balaban J connectivity index is 1.48. The Kier molecular flexibility index (Phi) is 6.38. The molecular weight excluding hydrogens is 448 g/mol. The Labute approximate surface area is 195 Å². The first-order chi connectivity index (χ1) is 15.6. The van der Waals surface area contributed by atoms with Crippen molar-refractivity contribution >= 4 is 35.5 Å². The van der Waals surface area contributed by atoms with E-state index >= 15 is 0 Å². The van der Waals surface area contributed by atoms with Gasteiger partial charge in [0.2, 0.25) is 0 Å². The van der Waals surface area contributed by atoms with Gasteiger partial charge in [-0.1, -0.05) is 18.2 Å². The summed E-state index contributed by atoms with van der Waals surface area (Å²) in [6, 6.07) is 8.11. The van der Waals surface area contributed by atoms with Gasteiger partial charge in [-0.05, 0) is 39.3 Å². The summed E-state index contributed by atoms with van der Waals surface area (Å²) in [5.41, 5.74) is -0.0795. The molecule has 2 saturated heterocycles. The van der Waals surface area contributed by atoms with E-state index in [1.807, 2.05) is 6.07 Å². The van der Waals surface area contributed by atoms with Crippen molar-refractivity contribution in [2.75, 3.05) is 12.4 Å². The molecule has 3 aliphatic heterocycles. The highest BCUT2D eigenvalue weighted by molar-refractivity contribution is 8.00. The number of hydrogen-bond donors (Lipinski definition) is 1. The van der Waals surface area contributed by atoms with Crippen molar-refractivity contribution in [3.63, 3.8) is 0 Å². The largest absolute Gasteiger partial charge is 0.484 e. The van der Waals surface area contributed by atoms with Gasteiger partial charge in [-0.2, -0.15) is 0 Å². The number of benzene rings is 1. The number of nitrogens with one attached hydrogen (secondary N) is 1. The van der Waals surface area contributed by atoms with Gasteiger partial charge in [-0.15, -0.1) is 11.8 Å². The third-order valence-corrected chi connectivity index (χ3v) is 6.59. The minimum absolute atomic E-state index is 0.115. The lowest BCUT2D eigenvalue weighted by Crippen LogP contribution is -2.71. The van der Waals surface area contributed by atoms with Gasteiger partial charge in [0.1, 0.15) is 34.6 Å². The maximum absolute atomic E-state index is 13.1. The summed E-state index contributed by atoms with van der Waals surface area (Å²) in [5.74, 6) is -0.891. The van der Waals surface area contributed by atoms with Crippen LogP contribution < -0.4 is 10.1 Å². The molecule has 3 aliphatic rings. The second kappa shape index (κ2) is 9.09. The lowest BCUT2D eigenvalue weighted by atomic mass is 9.99. The van der Waals surface area contributed by atoms with E-state index in [1.165, 1.54) is 16.7 Å². The number of esters is 2. The first-order valence-corrected chi connectivity index (χ1v) is 11.8. The first-order valence-electron chi connectivity index (χ1n) is 10.7. The number of β-lactam (4-membered cyclic amide) rings is 1. The highest BCUT2D eigenvalue weighted by Crippen LogP contribution is 2.43. The molecule has 10 heteroatoms. The molecule has 1 aromatic rings. The summed E-state index contributed by atoms with van der Waals surface area (Å²) in [7, 11) is 0. The van der Waals surface area contributed by atoms with E-state index in [9.17, 15) is 19.2 Å². The quantitative estimate of drug-likeness (QED) is 0.491. The van der Waals surface area contributed by atoms with Crippen molar-refractivity contribution in [1.29, 1.82) is 0 Å². The Bertz CT molecular complexity index is 1000. The highest BCUT2D eigenvalue weighted by atomic mass is 32.2. The second-order valence-electron chi connectivity index (χ2n) is 8.95. The van der Waals surface area contributed by atoms with Gasteiger partial charge in [0.25, 0.3) is 11.8 Å². The number of rotatable bonds is 6. The van der Waals surface area contributed by atoms with Crippen LogP contribution in [0.2, 0.25) is 0 Å². The van der Waals surface area contributed by atoms with Crippen molar-refractivity contribution in [3.05, 3.63) is 41.6 Å². The molecule has 33 heavy (non-hydrogen) atoms. The van der Waals surface area contributed by atoms with Crippen molar-refractivity contribution in [3.8, 4) is 5.75 Å². The van der Waals surface area contributed by atoms with E-state index in [4.69, 9.17) is 14.2 Å². The zero-order valence-corrected chi connectivity index (χ0v) is 19.5. The van der Waals surface area contributed by atoms with Gasteiger partial charge >= 0.3 is 11.9 Å². The molecule has 0 aromatic heterocycles. The molecule has 9 nitrogen and oxygen atoms in total. The predicted octanol–water partition coefficient (Wildman–Crippen LogP) is 1.77. The molecule has 3 heterocycles. The highest BCUT2D eigenvalue weighted by Gasteiger charge is 2.55. The van der Waals surface area contributed by atoms with Gasteiger partial charge in [0.05, 0.1) is 0 Å². The van der Waals surface area contributed by atoms with Crippen LogP contribution >= 0.6 is 11.8 Å². The topological polar surface area (TPSA) is 111 Å². The molecule has 0 aliphatic carbocycles. The van der Waals surface area contributed by atoms with Crippen molar-refractivity contribution in [2.24, 2.45) is 0 Å². The van der Waals surface area contributed by atoms with E-state index in [-0.39, 0.29) is 24.7 Å². The van der Waals surface area contributed by atoms with E-state index in [2.05, 4.69) is 5.32 Å². The Morgan fingerprint density at radius 1 is 1.21 bits per heavy atom. The SMILES string of the molecule is CC(C)(C)OC(=O)C1=C([C@@H]2CCC(=O)O2)CS[C@@H]2[C@H](NC(=O)COc3ccccc3)C(=O)N12. The lowest BCUT2D eigenvalue weighted by molar-refractivity contribution is -0.159. The molecule has 2 amide bonds. The zero-order chi connectivity index (χ0) is 23.8. The fraction of sp³-hybridized carbons (Fsp3) is 0.478. The van der Waals surface area contributed by atoms with Crippen LogP contribution in [0.5, 0.6) is 5.75 Å². The van der Waals surface area contributed by atoms with Crippen LogP contribution in [0.25, 0.3) is 0 Å². The molecule has 0 bridgehead atoms. The first kappa shape index (κ1) is 23.2. The van der Waals surface area contributed by atoms with Crippen molar-refractivity contribution < 1.29 is 33.4 Å². The maximum Gasteiger partial charge on any atom is 0.355 e. The average Bonchev–Trinajstić information content (AvgIpc) is 3.20. The van der Waals surface area contributed by atoms with E-state index in [1.54, 1.807) is 45.0 Å². The molecule has 176 valence electrons. The number of hydrogen-bond acceptors (Lipinski definition) is 8. The van der Waals surface area contributed by atoms with Crippen LogP contribution in [0, 0.1) is 0 Å². The van der Waals surface area contributed by atoms with E-state index in [0.29, 0.717) is 23.5 Å². The minimum atomic E-state index is -0.785. The predicted molar refractivity (Wildman–Crippen MR) is 119 cm³/mol. The summed E-state index contributed by atoms with van der Waals surface area (Å²) < 4.78 is 16.4. The van der Waals surface area contributed by atoms with Crippen LogP contribution in [0.3, 0.4) is 0 Å². The Hall–Kier alpha value is -3.01. The Morgan fingerprint density at radius 2 is 1.94 bits per heavy atom. The number of nitrogens with zero attached hydrogens (tertiary/aromatic N) is 1. The molecule has 1 N–H and O–H groups in total. The smallest absolute Gasteiger partial charge is 0.355 e. The molecule has 4 rings (SSSR count). The summed E-state index contributed by atoms with van der Waals surface area (Å²) in [5, 5.41) is 2.24. The van der Waals surface area contributed by atoms with Gasteiger partial charge in [0.15, 0.2) is 6.61 Å². The number of fused-ring (bicyclic) bond motifs is 1. The monoisotopic (exact) mass is 474 g/mol. The number of para-hydroxylation sites is 1. The number of carbonyl (C=O) groups excluding carboxylic acids is 4. The molecule has 0 saturated carbocycles. The van der Waals surface area contributed by atoms with Crippen LogP contribution in [0.4, 0.5) is 0 Å². The summed E-state index contributed by atoms with van der Waals surface area (Å²) in [4.78, 5) is 51.5. The molecule has 0 radical (unpaired) electrons.